The zero-order chi connectivity index (χ0) is 40.4. The molecule has 57 heavy (non-hydrogen) atoms. The molecule has 3 aromatic rings. The van der Waals surface area contributed by atoms with E-state index in [0.717, 1.165) is 61.7 Å². The fraction of sp³-hybridized carbons (Fsp3) is 0.455. The van der Waals surface area contributed by atoms with Crippen LogP contribution in [0.2, 0.25) is 5.02 Å². The first kappa shape index (κ1) is 38.5. The summed E-state index contributed by atoms with van der Waals surface area (Å²) in [5, 5.41) is 15.1. The number of nitriles is 1. The fourth-order valence-electron chi connectivity index (χ4n) is 10.2. The van der Waals surface area contributed by atoms with Crippen molar-refractivity contribution in [3.63, 3.8) is 0 Å². The first-order valence-electron chi connectivity index (χ1n) is 19.8. The molecule has 12 nitrogen and oxygen atoms in total. The van der Waals surface area contributed by atoms with Crippen LogP contribution in [-0.2, 0) is 9.59 Å². The number of carbonyl (C=O) groups excluding carboxylic acids is 5. The lowest BCUT2D eigenvalue weighted by molar-refractivity contribution is -0.164. The summed E-state index contributed by atoms with van der Waals surface area (Å²) in [5.41, 5.74) is 2.78. The van der Waals surface area contributed by atoms with Crippen LogP contribution >= 0.6 is 11.6 Å². The van der Waals surface area contributed by atoms with Gasteiger partial charge in [-0.25, -0.2) is 0 Å². The van der Waals surface area contributed by atoms with Crippen LogP contribution in [-0.4, -0.2) is 78.8 Å². The molecule has 5 amide bonds. The molecule has 2 N–H and O–H groups in total. The summed E-state index contributed by atoms with van der Waals surface area (Å²) >= 11 is 6.25. The van der Waals surface area contributed by atoms with E-state index in [9.17, 15) is 29.2 Å². The number of nitrogens with zero attached hydrogens (tertiary/aromatic N) is 4. The highest BCUT2D eigenvalue weighted by atomic mass is 35.5. The van der Waals surface area contributed by atoms with Crippen LogP contribution < -0.4 is 25.2 Å². The average Bonchev–Trinajstić information content (AvgIpc) is 3.43. The van der Waals surface area contributed by atoms with E-state index in [1.807, 2.05) is 30.3 Å². The van der Waals surface area contributed by atoms with Crippen LogP contribution in [0.3, 0.4) is 0 Å². The third-order valence-corrected chi connectivity index (χ3v) is 13.3. The van der Waals surface area contributed by atoms with Crippen molar-refractivity contribution >= 4 is 52.5 Å². The second-order valence-corrected chi connectivity index (χ2v) is 17.8. The zero-order valence-corrected chi connectivity index (χ0v) is 33.4. The van der Waals surface area contributed by atoms with Crippen LogP contribution in [0.15, 0.2) is 60.7 Å². The molecule has 3 saturated heterocycles. The Morgan fingerprint density at radius 3 is 2.26 bits per heavy atom. The van der Waals surface area contributed by atoms with Gasteiger partial charge in [0.1, 0.15) is 24.0 Å². The van der Waals surface area contributed by atoms with E-state index in [4.69, 9.17) is 16.3 Å². The molecule has 1 saturated carbocycles. The van der Waals surface area contributed by atoms with Gasteiger partial charge in [-0.05, 0) is 86.1 Å². The minimum absolute atomic E-state index is 0.0889. The maximum absolute atomic E-state index is 13.6. The van der Waals surface area contributed by atoms with Gasteiger partial charge in [0, 0.05) is 66.8 Å². The molecule has 1 unspecified atom stereocenters. The topological polar surface area (TPSA) is 152 Å². The van der Waals surface area contributed by atoms with E-state index in [2.05, 4.69) is 54.2 Å². The van der Waals surface area contributed by atoms with Gasteiger partial charge in [0.25, 0.3) is 17.7 Å². The van der Waals surface area contributed by atoms with Crippen molar-refractivity contribution in [2.24, 2.45) is 22.7 Å². The van der Waals surface area contributed by atoms with Gasteiger partial charge in [-0.15, -0.1) is 0 Å². The number of benzene rings is 3. The lowest BCUT2D eigenvalue weighted by atomic mass is 9.49. The normalized spacial score (nSPS) is 24.3. The number of hydrogen-bond donors (Lipinski definition) is 2. The van der Waals surface area contributed by atoms with Gasteiger partial charge < -0.3 is 19.9 Å². The minimum Gasteiger partial charge on any atom is -0.489 e. The number of amides is 5. The van der Waals surface area contributed by atoms with Crippen LogP contribution in [0.1, 0.15) is 96.4 Å². The lowest BCUT2D eigenvalue weighted by Gasteiger charge is -2.63. The first-order valence-corrected chi connectivity index (χ1v) is 20.2. The van der Waals surface area contributed by atoms with Crippen molar-refractivity contribution in [1.82, 2.24) is 15.5 Å². The van der Waals surface area contributed by atoms with Gasteiger partial charge >= 0.3 is 0 Å². The quantitative estimate of drug-likeness (QED) is 0.250. The number of carbonyl (C=O) groups is 5. The van der Waals surface area contributed by atoms with E-state index in [1.165, 1.54) is 0 Å². The number of ether oxygens (including phenoxy) is 1. The number of anilines is 2. The Balaban J connectivity index is 0.810. The van der Waals surface area contributed by atoms with E-state index in [-0.39, 0.29) is 41.7 Å². The summed E-state index contributed by atoms with van der Waals surface area (Å²) in [6.45, 7) is 11.8. The number of nitrogens with one attached hydrogen (secondary N) is 2. The molecule has 0 aromatic heterocycles. The zero-order valence-electron chi connectivity index (χ0n) is 32.6. The minimum atomic E-state index is -0.980. The Morgan fingerprint density at radius 2 is 1.61 bits per heavy atom. The molecule has 1 atom stereocenters. The van der Waals surface area contributed by atoms with Gasteiger partial charge in [-0.2, -0.15) is 5.26 Å². The third kappa shape index (κ3) is 6.79. The summed E-state index contributed by atoms with van der Waals surface area (Å²) in [6, 6.07) is 19.2. The van der Waals surface area contributed by atoms with E-state index in [1.54, 1.807) is 30.3 Å². The second-order valence-electron chi connectivity index (χ2n) is 17.4. The average molecular weight is 791 g/mol. The van der Waals surface area contributed by atoms with Crippen LogP contribution in [0.4, 0.5) is 11.4 Å². The number of hydrogen-bond acceptors (Lipinski definition) is 9. The maximum atomic E-state index is 13.6. The highest BCUT2D eigenvalue weighted by Crippen LogP contribution is 2.55. The Kier molecular flexibility index (Phi) is 9.79. The van der Waals surface area contributed by atoms with Gasteiger partial charge in [0.2, 0.25) is 11.8 Å². The highest BCUT2D eigenvalue weighted by Gasteiger charge is 2.64. The van der Waals surface area contributed by atoms with Crippen LogP contribution in [0, 0.1) is 34.0 Å². The predicted octanol–water partition coefficient (Wildman–Crippen LogP) is 5.97. The molecule has 4 aliphatic heterocycles. The molecule has 8 rings (SSSR count). The monoisotopic (exact) mass is 790 g/mol. The molecule has 0 bridgehead atoms. The van der Waals surface area contributed by atoms with Crippen LogP contribution in [0.25, 0.3) is 0 Å². The Morgan fingerprint density at radius 1 is 0.912 bits per heavy atom. The van der Waals surface area contributed by atoms with Crippen molar-refractivity contribution in [1.29, 1.82) is 5.26 Å². The molecule has 3 aromatic carbocycles. The fourth-order valence-corrected chi connectivity index (χ4v) is 10.4. The Bertz CT molecular complexity index is 2180. The van der Waals surface area contributed by atoms with Crippen molar-refractivity contribution in [2.75, 3.05) is 36.0 Å². The molecule has 4 fully saturated rings. The summed E-state index contributed by atoms with van der Waals surface area (Å²) in [7, 11) is 0. The van der Waals surface area contributed by atoms with Crippen LogP contribution in [0.5, 0.6) is 5.75 Å². The van der Waals surface area contributed by atoms with Crippen molar-refractivity contribution < 1.29 is 28.7 Å². The smallest absolute Gasteiger partial charge is 0.264 e. The lowest BCUT2D eigenvalue weighted by Crippen LogP contribution is -2.74. The Labute approximate surface area is 337 Å². The molecule has 296 valence electrons. The van der Waals surface area contributed by atoms with Crippen molar-refractivity contribution in [3.8, 4) is 11.8 Å². The van der Waals surface area contributed by atoms with E-state index >= 15 is 0 Å². The van der Waals surface area contributed by atoms with E-state index in [0.29, 0.717) is 44.9 Å². The highest BCUT2D eigenvalue weighted by molar-refractivity contribution is 6.31. The number of imide groups is 2. The predicted molar refractivity (Wildman–Crippen MR) is 214 cm³/mol. The number of rotatable bonds is 9. The molecular weight excluding hydrogens is 744 g/mol. The Hall–Kier alpha value is -5.41. The SMILES string of the molecule is CC1(C)[C@H](NC(=O)c2ccc(N3CCC(CC4CN(c5cccc6c5C(=O)N(C5CCC(=O)NC5=O)C6=O)C4)CC3)cc2)C(C)(C)[C@H]1Oc1ccc(C#N)c(Cl)c1. The summed E-state index contributed by atoms with van der Waals surface area (Å²) in [4.78, 5) is 70.1. The molecule has 0 spiro atoms. The number of halogens is 1. The van der Waals surface area contributed by atoms with Gasteiger partial charge in [-0.1, -0.05) is 45.4 Å². The first-order chi connectivity index (χ1) is 27.2. The molecule has 13 heteroatoms. The van der Waals surface area contributed by atoms with Crippen molar-refractivity contribution in [2.45, 2.75) is 78.0 Å². The summed E-state index contributed by atoms with van der Waals surface area (Å²) in [6.07, 6.45) is 3.26. The number of piperidine rings is 2. The third-order valence-electron chi connectivity index (χ3n) is 12.9. The molecular formula is C44H47ClN6O6. The second kappa shape index (κ2) is 14.5. The van der Waals surface area contributed by atoms with Gasteiger partial charge in [-0.3, -0.25) is 34.2 Å². The standard InChI is InChI=1S/C44H47ClN6O6/c1-43(2)41(44(3,4)42(43)57-30-13-10-28(22-46)32(45)21-30)48-37(53)27-8-11-29(12-9-27)49-18-16-25(17-19-49)20-26-23-50(24-26)33-7-5-6-31-36(33)40(56)51(39(31)55)34-14-15-35(52)47-38(34)54/h5-13,21,25-26,34,41-42H,14-20,23-24H2,1-4H3,(H,48,53)(H,47,52,54)/t34?,41-,42-. The number of fused-ring (bicyclic) bond motifs is 1. The largest absolute Gasteiger partial charge is 0.489 e. The molecule has 0 radical (unpaired) electrons. The molecule has 5 aliphatic rings. The summed E-state index contributed by atoms with van der Waals surface area (Å²) in [5.74, 6) is -0.412. The van der Waals surface area contributed by atoms with Gasteiger partial charge in [0.15, 0.2) is 0 Å². The maximum Gasteiger partial charge on any atom is 0.264 e. The summed E-state index contributed by atoms with van der Waals surface area (Å²) < 4.78 is 6.38. The molecule has 1 aliphatic carbocycles. The van der Waals surface area contributed by atoms with E-state index < -0.39 is 29.7 Å². The van der Waals surface area contributed by atoms with Crippen molar-refractivity contribution in [3.05, 3.63) is 87.9 Å². The van der Waals surface area contributed by atoms with Gasteiger partial charge in [0.05, 0.1) is 27.4 Å². The molecule has 4 heterocycles.